The molecular formula is C44H78N6O10S. The van der Waals surface area contributed by atoms with Gasteiger partial charge in [-0.3, -0.25) is 33.5 Å². The Balaban J connectivity index is 2.32. The molecule has 0 aromatic heterocycles. The maximum atomic E-state index is 14.4. The van der Waals surface area contributed by atoms with E-state index in [9.17, 15) is 32.7 Å². The maximum Gasteiger partial charge on any atom is 0.266 e. The van der Waals surface area contributed by atoms with E-state index in [2.05, 4.69) is 16.0 Å². The van der Waals surface area contributed by atoms with Crippen molar-refractivity contribution in [3.8, 4) is 0 Å². The zero-order valence-electron chi connectivity index (χ0n) is 39.0. The number of benzene rings is 1. The predicted octanol–water partition coefficient (Wildman–Crippen LogP) is 2.94. The van der Waals surface area contributed by atoms with Crippen molar-refractivity contribution in [2.24, 2.45) is 23.7 Å². The van der Waals surface area contributed by atoms with E-state index in [0.717, 1.165) is 18.4 Å². The minimum absolute atomic E-state index is 0.0144. The van der Waals surface area contributed by atoms with Crippen LogP contribution >= 0.6 is 0 Å². The van der Waals surface area contributed by atoms with Crippen molar-refractivity contribution in [3.63, 3.8) is 0 Å². The van der Waals surface area contributed by atoms with Crippen LogP contribution in [0.1, 0.15) is 93.6 Å². The zero-order chi connectivity index (χ0) is 46.4. The Hall–Kier alpha value is -3.19. The van der Waals surface area contributed by atoms with E-state index < -0.39 is 76.2 Å². The molecule has 0 aliphatic carbocycles. The summed E-state index contributed by atoms with van der Waals surface area (Å²) in [5, 5.41) is 20.4. The van der Waals surface area contributed by atoms with Crippen molar-refractivity contribution >= 4 is 33.7 Å². The number of ether oxygens (including phenoxy) is 2. The number of aliphatic hydroxyl groups excluding tert-OH is 1. The number of carbonyl (C=O) groups is 4. The summed E-state index contributed by atoms with van der Waals surface area (Å²) < 4.78 is 43.8. The van der Waals surface area contributed by atoms with Gasteiger partial charge >= 0.3 is 0 Å². The highest BCUT2D eigenvalue weighted by Gasteiger charge is 2.44. The first kappa shape index (κ1) is 53.9. The molecule has 1 aliphatic rings. The molecule has 0 bridgehead atoms. The van der Waals surface area contributed by atoms with Crippen LogP contribution in [0.2, 0.25) is 0 Å². The van der Waals surface area contributed by atoms with Crippen molar-refractivity contribution in [1.82, 2.24) is 30.7 Å². The number of likely N-dealkylation sites (tertiary alicyclic amines) is 1. The summed E-state index contributed by atoms with van der Waals surface area (Å²) in [4.78, 5) is 61.0. The molecule has 1 heterocycles. The minimum Gasteiger partial charge on any atom is -0.379 e. The standard InChI is InChI=1S/C44H78N6O10S/c1-14-30(8)39(49(11)44(55)37(27(2)3)47-43(54)38(28(4)5)48(10)29(6)7)35(59-12)26-36(51)50-23-18-21-34(50)40(60-13)31(9)41(52)46-33(25-32-19-16-15-17-20-32)42(53)45-22-24-61(56,57)58/h15-17,19-20,27-31,33-40,51H,14,18,21-26H2,1-13H3,(H,45,53)(H,46,52)(H,47,54)(H,56,57,58)/t30-,31+,33-,34-,35+,36?,37-,38-,39-,40+/m0/s1. The van der Waals surface area contributed by atoms with Crippen LogP contribution in [0.25, 0.3) is 0 Å². The van der Waals surface area contributed by atoms with Gasteiger partial charge in [-0.15, -0.1) is 0 Å². The Kier molecular flexibility index (Phi) is 22.3. The summed E-state index contributed by atoms with van der Waals surface area (Å²) in [5.41, 5.74) is 0.771. The van der Waals surface area contributed by atoms with Gasteiger partial charge in [0.15, 0.2) is 0 Å². The topological polar surface area (TPSA) is 207 Å². The van der Waals surface area contributed by atoms with Gasteiger partial charge in [0.25, 0.3) is 10.1 Å². The Labute approximate surface area is 366 Å². The number of nitrogens with one attached hydrogen (secondary N) is 3. The lowest BCUT2D eigenvalue weighted by Gasteiger charge is -2.42. The molecule has 1 aromatic rings. The van der Waals surface area contributed by atoms with E-state index >= 15 is 0 Å². The fraction of sp³-hybridized carbons (Fsp3) is 0.773. The molecule has 0 saturated carbocycles. The third-order valence-electron chi connectivity index (χ3n) is 12.4. The number of rotatable bonds is 26. The van der Waals surface area contributed by atoms with E-state index in [1.54, 1.807) is 26.0 Å². The van der Waals surface area contributed by atoms with Gasteiger partial charge in [-0.1, -0.05) is 85.2 Å². The second kappa shape index (κ2) is 25.2. The van der Waals surface area contributed by atoms with Crippen LogP contribution < -0.4 is 16.0 Å². The monoisotopic (exact) mass is 883 g/mol. The maximum absolute atomic E-state index is 14.4. The van der Waals surface area contributed by atoms with Crippen molar-refractivity contribution < 1.29 is 46.7 Å². The first-order chi connectivity index (χ1) is 28.5. The molecular weight excluding hydrogens is 805 g/mol. The SMILES string of the molecule is CC[C@H](C)[C@@H]([C@@H](CC(O)N1CCC[C@H]1[C@H](OC)[C@@H](C)C(=O)N[C@@H](Cc1ccccc1)C(=O)NCCS(=O)(=O)O)OC)N(C)C(=O)[C@@H](NC(=O)[C@H](C(C)C)N(C)C(C)C)C(C)C. The molecule has 1 aromatic carbocycles. The van der Waals surface area contributed by atoms with Crippen molar-refractivity contribution in [1.29, 1.82) is 0 Å². The van der Waals surface area contributed by atoms with E-state index in [4.69, 9.17) is 14.0 Å². The van der Waals surface area contributed by atoms with Gasteiger partial charge in [0.1, 0.15) is 18.3 Å². The average Bonchev–Trinajstić information content (AvgIpc) is 3.68. The molecule has 2 rings (SSSR count). The highest BCUT2D eigenvalue weighted by molar-refractivity contribution is 7.85. The molecule has 0 radical (unpaired) electrons. The molecule has 16 nitrogen and oxygen atoms in total. The van der Waals surface area contributed by atoms with E-state index in [1.165, 1.54) is 7.11 Å². The highest BCUT2D eigenvalue weighted by atomic mass is 32.2. The van der Waals surface area contributed by atoms with Gasteiger partial charge < -0.3 is 35.4 Å². The molecule has 17 heteroatoms. The number of methoxy groups -OCH3 is 2. The fourth-order valence-corrected chi connectivity index (χ4v) is 8.88. The minimum atomic E-state index is -4.31. The van der Waals surface area contributed by atoms with E-state index in [-0.39, 0.29) is 61.0 Å². The Morgan fingerprint density at radius 1 is 0.902 bits per heavy atom. The molecule has 10 atom stereocenters. The van der Waals surface area contributed by atoms with Crippen LogP contribution in [0.5, 0.6) is 0 Å². The molecule has 5 N–H and O–H groups in total. The molecule has 1 aliphatic heterocycles. The Bertz CT molecular complexity index is 1630. The molecule has 0 spiro atoms. The predicted molar refractivity (Wildman–Crippen MR) is 237 cm³/mol. The van der Waals surface area contributed by atoms with E-state index in [0.29, 0.717) is 13.0 Å². The first-order valence-electron chi connectivity index (χ1n) is 21.9. The van der Waals surface area contributed by atoms with Gasteiger partial charge in [0.05, 0.1) is 36.0 Å². The number of aliphatic hydroxyl groups is 1. The van der Waals surface area contributed by atoms with Crippen molar-refractivity contribution in [2.45, 2.75) is 149 Å². The lowest BCUT2D eigenvalue weighted by molar-refractivity contribution is -0.146. The highest BCUT2D eigenvalue weighted by Crippen LogP contribution is 2.31. The Morgan fingerprint density at radius 3 is 2.03 bits per heavy atom. The average molecular weight is 883 g/mol. The summed E-state index contributed by atoms with van der Waals surface area (Å²) in [6.45, 7) is 17.8. The summed E-state index contributed by atoms with van der Waals surface area (Å²) in [6, 6.07) is 6.08. The molecule has 4 amide bonds. The quantitative estimate of drug-likeness (QED) is 0.0853. The van der Waals surface area contributed by atoms with Gasteiger partial charge in [-0.25, -0.2) is 0 Å². The lowest BCUT2D eigenvalue weighted by Crippen LogP contribution is -2.60. The van der Waals surface area contributed by atoms with Crippen molar-refractivity contribution in [3.05, 3.63) is 35.9 Å². The van der Waals surface area contributed by atoms with E-state index in [1.807, 2.05) is 103 Å². The number of nitrogens with zero attached hydrogens (tertiary/aromatic N) is 3. The van der Waals surface area contributed by atoms with Crippen LogP contribution in [0, 0.1) is 23.7 Å². The molecule has 61 heavy (non-hydrogen) atoms. The van der Waals surface area contributed by atoms with Crippen LogP contribution in [0.3, 0.4) is 0 Å². The normalized spacial score (nSPS) is 19.5. The number of hydrogen-bond acceptors (Lipinski definition) is 11. The number of carbonyl (C=O) groups excluding carboxylic acids is 4. The van der Waals surface area contributed by atoms with Crippen LogP contribution in [-0.2, 0) is 45.2 Å². The van der Waals surface area contributed by atoms with Crippen LogP contribution in [0.15, 0.2) is 30.3 Å². The smallest absolute Gasteiger partial charge is 0.266 e. The molecule has 1 unspecified atom stereocenters. The van der Waals surface area contributed by atoms with Gasteiger partial charge in [0, 0.05) is 59.3 Å². The number of likely N-dealkylation sites (N-methyl/N-ethyl adjacent to an activating group) is 2. The summed E-state index contributed by atoms with van der Waals surface area (Å²) in [6.07, 6.45) is 0.0408. The Morgan fingerprint density at radius 2 is 1.52 bits per heavy atom. The van der Waals surface area contributed by atoms with Gasteiger partial charge in [-0.05, 0) is 57.1 Å². The fourth-order valence-electron chi connectivity index (χ4n) is 8.52. The van der Waals surface area contributed by atoms with Crippen molar-refractivity contribution in [2.75, 3.05) is 47.2 Å². The number of hydrogen-bond donors (Lipinski definition) is 5. The summed E-state index contributed by atoms with van der Waals surface area (Å²) in [5.74, 6) is -3.19. The molecule has 1 saturated heterocycles. The second-order valence-corrected chi connectivity index (χ2v) is 19.3. The first-order valence-corrected chi connectivity index (χ1v) is 23.5. The summed E-state index contributed by atoms with van der Waals surface area (Å²) >= 11 is 0. The van der Waals surface area contributed by atoms with Crippen LogP contribution in [0.4, 0.5) is 0 Å². The lowest BCUT2D eigenvalue weighted by atomic mass is 9.89. The third-order valence-corrected chi connectivity index (χ3v) is 13.1. The number of amides is 4. The third kappa shape index (κ3) is 15.8. The van der Waals surface area contributed by atoms with Crippen LogP contribution in [-0.4, -0.2) is 158 Å². The summed E-state index contributed by atoms with van der Waals surface area (Å²) in [7, 11) is 2.42. The molecule has 350 valence electrons. The van der Waals surface area contributed by atoms with Gasteiger partial charge in [0.2, 0.25) is 23.6 Å². The second-order valence-electron chi connectivity index (χ2n) is 17.8. The van der Waals surface area contributed by atoms with Gasteiger partial charge in [-0.2, -0.15) is 8.42 Å². The zero-order valence-corrected chi connectivity index (χ0v) is 39.8. The largest absolute Gasteiger partial charge is 0.379 e. The molecule has 1 fully saturated rings.